The second kappa shape index (κ2) is 7.03. The van der Waals surface area contributed by atoms with E-state index in [1.807, 2.05) is 6.07 Å². The van der Waals surface area contributed by atoms with E-state index in [9.17, 15) is 10.1 Å². The van der Waals surface area contributed by atoms with Gasteiger partial charge in [-0.3, -0.25) is 10.1 Å². The van der Waals surface area contributed by atoms with Crippen LogP contribution in [0.25, 0.3) is 0 Å². The highest BCUT2D eigenvalue weighted by molar-refractivity contribution is 8.00. The van der Waals surface area contributed by atoms with E-state index in [2.05, 4.69) is 15.1 Å². The van der Waals surface area contributed by atoms with Crippen LogP contribution >= 0.6 is 23.1 Å². The predicted molar refractivity (Wildman–Crippen MR) is 85.6 cm³/mol. The minimum Gasteiger partial charge on any atom is -0.378 e. The van der Waals surface area contributed by atoms with Crippen LogP contribution in [0.15, 0.2) is 28.6 Å². The maximum absolute atomic E-state index is 10.8. The molecular weight excluding hydrogens is 324 g/mol. The number of nitrogens with zero attached hydrogens (tertiary/aromatic N) is 4. The maximum atomic E-state index is 10.8. The number of non-ortho nitro benzene ring substituents is 1. The van der Waals surface area contributed by atoms with Crippen LogP contribution in [0.3, 0.4) is 0 Å². The van der Waals surface area contributed by atoms with Gasteiger partial charge in [-0.25, -0.2) is 0 Å². The molecule has 1 aromatic heterocycles. The van der Waals surface area contributed by atoms with E-state index in [1.54, 1.807) is 35.2 Å². The SMILES string of the molecule is O=[N+]([O-])c1cccc(CSc2nnc(N3CCOCC3)s2)c1. The second-order valence-corrected chi connectivity index (χ2v) is 6.84. The Morgan fingerprint density at radius 2 is 2.18 bits per heavy atom. The predicted octanol–water partition coefficient (Wildman–Crippen LogP) is 2.58. The first kappa shape index (κ1) is 15.2. The Bertz CT molecular complexity index is 658. The third-order valence-corrected chi connectivity index (χ3v) is 5.35. The number of hydrogen-bond acceptors (Lipinski definition) is 8. The summed E-state index contributed by atoms with van der Waals surface area (Å²) in [7, 11) is 0. The average Bonchev–Trinajstić information content (AvgIpc) is 3.03. The molecule has 1 saturated heterocycles. The summed E-state index contributed by atoms with van der Waals surface area (Å²) in [5.74, 6) is 0.638. The summed E-state index contributed by atoms with van der Waals surface area (Å²) >= 11 is 3.09. The fraction of sp³-hybridized carbons (Fsp3) is 0.385. The highest BCUT2D eigenvalue weighted by Gasteiger charge is 2.16. The Hall–Kier alpha value is -1.71. The van der Waals surface area contributed by atoms with Crippen molar-refractivity contribution in [3.05, 3.63) is 39.9 Å². The third-order valence-electron chi connectivity index (χ3n) is 3.16. The zero-order chi connectivity index (χ0) is 15.4. The Labute approximate surface area is 135 Å². The van der Waals surface area contributed by atoms with Gasteiger partial charge in [0, 0.05) is 31.0 Å². The molecule has 3 rings (SSSR count). The first-order valence-corrected chi connectivity index (χ1v) is 8.55. The monoisotopic (exact) mass is 338 g/mol. The molecule has 0 radical (unpaired) electrons. The zero-order valence-electron chi connectivity index (χ0n) is 11.7. The van der Waals surface area contributed by atoms with Gasteiger partial charge < -0.3 is 9.64 Å². The van der Waals surface area contributed by atoms with Crippen molar-refractivity contribution >= 4 is 33.9 Å². The average molecular weight is 338 g/mol. The molecule has 1 aliphatic heterocycles. The van der Waals surface area contributed by atoms with E-state index in [4.69, 9.17) is 4.74 Å². The van der Waals surface area contributed by atoms with Gasteiger partial charge in [0.25, 0.3) is 5.69 Å². The Morgan fingerprint density at radius 1 is 1.36 bits per heavy atom. The van der Waals surface area contributed by atoms with Crippen LogP contribution in [0.5, 0.6) is 0 Å². The molecule has 2 heterocycles. The summed E-state index contributed by atoms with van der Waals surface area (Å²) in [6, 6.07) is 6.67. The highest BCUT2D eigenvalue weighted by atomic mass is 32.2. The molecule has 0 N–H and O–H groups in total. The number of aromatic nitrogens is 2. The summed E-state index contributed by atoms with van der Waals surface area (Å²) < 4.78 is 6.19. The molecule has 22 heavy (non-hydrogen) atoms. The Kier molecular flexibility index (Phi) is 4.86. The number of morpholine rings is 1. The molecule has 7 nitrogen and oxygen atoms in total. The number of thioether (sulfide) groups is 1. The van der Waals surface area contributed by atoms with Crippen molar-refractivity contribution in [1.29, 1.82) is 0 Å². The first-order chi connectivity index (χ1) is 10.7. The van der Waals surface area contributed by atoms with Crippen LogP contribution in [0, 0.1) is 10.1 Å². The lowest BCUT2D eigenvalue weighted by Gasteiger charge is -2.25. The van der Waals surface area contributed by atoms with Crippen molar-refractivity contribution in [1.82, 2.24) is 10.2 Å². The first-order valence-electron chi connectivity index (χ1n) is 6.75. The van der Waals surface area contributed by atoms with Gasteiger partial charge >= 0.3 is 0 Å². The van der Waals surface area contributed by atoms with Crippen LogP contribution < -0.4 is 4.90 Å². The van der Waals surface area contributed by atoms with Gasteiger partial charge in [-0.15, -0.1) is 10.2 Å². The van der Waals surface area contributed by atoms with Gasteiger partial charge in [-0.2, -0.15) is 0 Å². The number of ether oxygens (including phenoxy) is 1. The van der Waals surface area contributed by atoms with E-state index >= 15 is 0 Å². The van der Waals surface area contributed by atoms with Crippen LogP contribution in [-0.4, -0.2) is 41.4 Å². The van der Waals surface area contributed by atoms with Crippen molar-refractivity contribution < 1.29 is 9.66 Å². The molecule has 0 amide bonds. The fourth-order valence-corrected chi connectivity index (χ4v) is 3.88. The van der Waals surface area contributed by atoms with E-state index in [1.165, 1.54) is 6.07 Å². The molecule has 2 aromatic rings. The van der Waals surface area contributed by atoms with Crippen molar-refractivity contribution in [2.45, 2.75) is 10.1 Å². The lowest BCUT2D eigenvalue weighted by molar-refractivity contribution is -0.384. The number of benzene rings is 1. The fourth-order valence-electron chi connectivity index (χ4n) is 2.05. The molecule has 0 spiro atoms. The Balaban J connectivity index is 1.61. The lowest BCUT2D eigenvalue weighted by atomic mass is 10.2. The summed E-state index contributed by atoms with van der Waals surface area (Å²) in [6.07, 6.45) is 0. The molecule has 0 unspecified atom stereocenters. The van der Waals surface area contributed by atoms with Crippen LogP contribution in [0.4, 0.5) is 10.8 Å². The molecule has 1 aromatic carbocycles. The molecule has 0 saturated carbocycles. The second-order valence-electron chi connectivity index (χ2n) is 4.67. The summed E-state index contributed by atoms with van der Waals surface area (Å²) in [6.45, 7) is 3.11. The molecule has 116 valence electrons. The van der Waals surface area contributed by atoms with Crippen LogP contribution in [-0.2, 0) is 10.5 Å². The van der Waals surface area contributed by atoms with Crippen LogP contribution in [0.1, 0.15) is 5.56 Å². The maximum Gasteiger partial charge on any atom is 0.269 e. The molecule has 1 aliphatic rings. The standard InChI is InChI=1S/C13H14N4O3S2/c18-17(19)11-3-1-2-10(8-11)9-21-13-15-14-12(22-13)16-4-6-20-7-5-16/h1-3,8H,4-7,9H2. The smallest absolute Gasteiger partial charge is 0.269 e. The Morgan fingerprint density at radius 3 is 2.95 bits per heavy atom. The number of hydrogen-bond donors (Lipinski definition) is 0. The quantitative estimate of drug-likeness (QED) is 0.471. The zero-order valence-corrected chi connectivity index (χ0v) is 13.3. The number of anilines is 1. The highest BCUT2D eigenvalue weighted by Crippen LogP contribution is 2.31. The minimum atomic E-state index is -0.379. The number of rotatable bonds is 5. The van der Waals surface area contributed by atoms with Crippen molar-refractivity contribution in [2.75, 3.05) is 31.2 Å². The van der Waals surface area contributed by atoms with E-state index in [0.717, 1.165) is 41.3 Å². The minimum absolute atomic E-state index is 0.115. The summed E-state index contributed by atoms with van der Waals surface area (Å²) in [5.41, 5.74) is 1.02. The third kappa shape index (κ3) is 3.73. The van der Waals surface area contributed by atoms with Gasteiger partial charge in [0.15, 0.2) is 4.34 Å². The lowest BCUT2D eigenvalue weighted by Crippen LogP contribution is -2.36. The summed E-state index contributed by atoms with van der Waals surface area (Å²) in [5, 5.41) is 20.1. The van der Waals surface area contributed by atoms with Crippen molar-refractivity contribution in [3.8, 4) is 0 Å². The normalized spacial score (nSPS) is 15.0. The van der Waals surface area contributed by atoms with Crippen LogP contribution in [0.2, 0.25) is 0 Å². The van der Waals surface area contributed by atoms with Gasteiger partial charge in [0.1, 0.15) is 0 Å². The van der Waals surface area contributed by atoms with E-state index in [0.29, 0.717) is 5.75 Å². The van der Waals surface area contributed by atoms with E-state index in [-0.39, 0.29) is 10.6 Å². The van der Waals surface area contributed by atoms with Crippen molar-refractivity contribution in [2.24, 2.45) is 0 Å². The largest absolute Gasteiger partial charge is 0.378 e. The molecule has 1 fully saturated rings. The number of nitro benzene ring substituents is 1. The number of nitro groups is 1. The topological polar surface area (TPSA) is 81.4 Å². The van der Waals surface area contributed by atoms with E-state index < -0.39 is 0 Å². The molecule has 0 bridgehead atoms. The van der Waals surface area contributed by atoms with Gasteiger partial charge in [-0.1, -0.05) is 35.2 Å². The molecule has 9 heteroatoms. The van der Waals surface area contributed by atoms with Gasteiger partial charge in [0.2, 0.25) is 5.13 Å². The molecular formula is C13H14N4O3S2. The molecule has 0 atom stereocenters. The summed E-state index contributed by atoms with van der Waals surface area (Å²) in [4.78, 5) is 12.6. The van der Waals surface area contributed by atoms with Gasteiger partial charge in [0.05, 0.1) is 18.1 Å². The van der Waals surface area contributed by atoms with Gasteiger partial charge in [-0.05, 0) is 5.56 Å². The van der Waals surface area contributed by atoms with Crippen molar-refractivity contribution in [3.63, 3.8) is 0 Å². The molecule has 0 aliphatic carbocycles.